The molecule has 3 aromatic rings. The summed E-state index contributed by atoms with van der Waals surface area (Å²) >= 11 is 0. The van der Waals surface area contributed by atoms with Gasteiger partial charge in [0.05, 0.1) is 0 Å². The van der Waals surface area contributed by atoms with Gasteiger partial charge in [-0.15, -0.1) is 0 Å². The maximum absolute atomic E-state index is 13.8. The quantitative estimate of drug-likeness (QED) is 0.497. The van der Waals surface area contributed by atoms with Crippen LogP contribution in [0.1, 0.15) is 11.1 Å². The largest absolute Gasteiger partial charge is 0.456 e. The van der Waals surface area contributed by atoms with Gasteiger partial charge in [0.15, 0.2) is 0 Å². The number of nitrogens with one attached hydrogen (secondary N) is 1. The Bertz CT molecular complexity index is 1030. The molecule has 0 atom stereocenters. The molecule has 29 heavy (non-hydrogen) atoms. The van der Waals surface area contributed by atoms with Gasteiger partial charge in [-0.1, -0.05) is 60.7 Å². The fourth-order valence-corrected chi connectivity index (χ4v) is 4.99. The van der Waals surface area contributed by atoms with Crippen molar-refractivity contribution in [1.29, 1.82) is 0 Å². The highest BCUT2D eigenvalue weighted by Gasteiger charge is 2.27. The first-order valence-corrected chi connectivity index (χ1v) is 11.3. The van der Waals surface area contributed by atoms with Gasteiger partial charge < -0.3 is 14.7 Å². The lowest BCUT2D eigenvalue weighted by molar-refractivity contribution is 0.469. The van der Waals surface area contributed by atoms with Gasteiger partial charge in [0.25, 0.3) is 0 Å². The first-order valence-electron chi connectivity index (χ1n) is 9.42. The highest BCUT2D eigenvalue weighted by molar-refractivity contribution is 7.72. The van der Waals surface area contributed by atoms with Crippen LogP contribution in [0.4, 0.5) is 11.4 Å². The van der Waals surface area contributed by atoms with Crippen LogP contribution in [0.2, 0.25) is 0 Å². The molecule has 0 amide bonds. The monoisotopic (exact) mass is 402 g/mol. The minimum atomic E-state index is -3.03. The molecule has 1 heterocycles. The molecule has 1 aliphatic heterocycles. The predicted octanol–water partition coefficient (Wildman–Crippen LogP) is 6.47. The first-order chi connectivity index (χ1) is 14.0. The molecule has 1 N–H and O–H groups in total. The number of hydrogen-bond donors (Lipinski definition) is 1. The molecule has 5 heteroatoms. The molecule has 3 aromatic carbocycles. The summed E-state index contributed by atoms with van der Waals surface area (Å²) in [5, 5.41) is 3.23. The Morgan fingerprint density at radius 3 is 1.66 bits per heavy atom. The van der Waals surface area contributed by atoms with Crippen molar-refractivity contribution in [3.8, 4) is 0 Å². The summed E-state index contributed by atoms with van der Waals surface area (Å²) in [7, 11) is 0.956. The van der Waals surface area contributed by atoms with Gasteiger partial charge in [-0.25, -0.2) is 0 Å². The molecule has 0 radical (unpaired) electrons. The van der Waals surface area contributed by atoms with Crippen LogP contribution in [0.25, 0.3) is 11.5 Å². The Kier molecular flexibility index (Phi) is 5.28. The van der Waals surface area contributed by atoms with Crippen LogP contribution in [0.3, 0.4) is 0 Å². The Balaban J connectivity index is 1.72. The van der Waals surface area contributed by atoms with E-state index >= 15 is 0 Å². The van der Waals surface area contributed by atoms with E-state index in [1.165, 1.54) is 0 Å². The highest BCUT2D eigenvalue weighted by atomic mass is 31.2. The van der Waals surface area contributed by atoms with Gasteiger partial charge in [0.2, 0.25) is 7.29 Å². The van der Waals surface area contributed by atoms with E-state index in [-0.39, 0.29) is 0 Å². The van der Waals surface area contributed by atoms with Crippen molar-refractivity contribution < 1.29 is 9.30 Å². The second-order valence-corrected chi connectivity index (χ2v) is 9.24. The lowest BCUT2D eigenvalue weighted by Gasteiger charge is -2.24. The van der Waals surface area contributed by atoms with Crippen LogP contribution in [-0.4, -0.2) is 14.1 Å². The van der Waals surface area contributed by atoms with Crippen LogP contribution in [0.5, 0.6) is 0 Å². The molecule has 0 saturated heterocycles. The average molecular weight is 402 g/mol. The maximum atomic E-state index is 13.8. The minimum Gasteiger partial charge on any atom is -0.456 e. The number of hydrogen-bond acceptors (Lipinski definition) is 3. The van der Waals surface area contributed by atoms with E-state index in [4.69, 9.17) is 4.74 Å². The van der Waals surface area contributed by atoms with Gasteiger partial charge in [-0.05, 0) is 24.3 Å². The summed E-state index contributed by atoms with van der Waals surface area (Å²) in [6, 6.07) is 27.4. The molecule has 4 rings (SSSR count). The van der Waals surface area contributed by atoms with E-state index in [9.17, 15) is 4.57 Å². The summed E-state index contributed by atoms with van der Waals surface area (Å²) in [4.78, 5) is 2.03. The van der Waals surface area contributed by atoms with Gasteiger partial charge in [-0.3, -0.25) is 4.57 Å². The number of anilines is 2. The van der Waals surface area contributed by atoms with Crippen LogP contribution < -0.4 is 9.99 Å². The van der Waals surface area contributed by atoms with Crippen molar-refractivity contribution in [3.05, 3.63) is 108 Å². The normalized spacial score (nSPS) is 15.0. The predicted molar refractivity (Wildman–Crippen MR) is 122 cm³/mol. The van der Waals surface area contributed by atoms with Crippen LogP contribution >= 0.6 is 7.29 Å². The summed E-state index contributed by atoms with van der Waals surface area (Å²) in [5.41, 5.74) is 3.66. The average Bonchev–Trinajstić information content (AvgIpc) is 2.75. The fourth-order valence-electron chi connectivity index (χ4n) is 3.13. The molecule has 0 unspecified atom stereocenters. The van der Waals surface area contributed by atoms with E-state index in [2.05, 4.69) is 5.09 Å². The second-order valence-electron chi connectivity index (χ2n) is 7.08. The van der Waals surface area contributed by atoms with Crippen LogP contribution in [0, 0.1) is 0 Å². The first kappa shape index (κ1) is 19.1. The van der Waals surface area contributed by atoms with E-state index < -0.39 is 7.29 Å². The number of nitrogens with zero attached hydrogens (tertiary/aromatic N) is 1. The van der Waals surface area contributed by atoms with Crippen molar-refractivity contribution >= 4 is 30.2 Å². The second kappa shape index (κ2) is 8.02. The maximum Gasteiger partial charge on any atom is 0.220 e. The minimum absolute atomic E-state index is 0.590. The third-order valence-electron chi connectivity index (χ3n) is 4.64. The van der Waals surface area contributed by atoms with Crippen molar-refractivity contribution in [2.45, 2.75) is 0 Å². The number of ether oxygens (including phenoxy) is 1. The van der Waals surface area contributed by atoms with Crippen LogP contribution in [0.15, 0.2) is 96.6 Å². The third-order valence-corrected chi connectivity index (χ3v) is 6.49. The van der Waals surface area contributed by atoms with E-state index in [0.717, 1.165) is 22.5 Å². The Hall–Kier alpha value is -3.23. The summed E-state index contributed by atoms with van der Waals surface area (Å²) in [5.74, 6) is 4.59. The lowest BCUT2D eigenvalue weighted by atomic mass is 10.2. The molecule has 0 saturated carbocycles. The lowest BCUT2D eigenvalue weighted by Crippen LogP contribution is -2.08. The fraction of sp³-hybridized carbons (Fsp3) is 0.0833. The molecular weight excluding hydrogens is 379 g/mol. The van der Waals surface area contributed by atoms with E-state index in [1.807, 2.05) is 104 Å². The highest BCUT2D eigenvalue weighted by Crippen LogP contribution is 2.56. The van der Waals surface area contributed by atoms with E-state index in [0.29, 0.717) is 11.5 Å². The van der Waals surface area contributed by atoms with Crippen molar-refractivity contribution in [3.63, 3.8) is 0 Å². The zero-order valence-corrected chi connectivity index (χ0v) is 17.3. The molecule has 0 aromatic heterocycles. The molecule has 1 aliphatic rings. The summed E-state index contributed by atoms with van der Waals surface area (Å²) in [6.07, 6.45) is 0. The van der Waals surface area contributed by atoms with Crippen LogP contribution in [-0.2, 0) is 9.30 Å². The molecule has 146 valence electrons. The van der Waals surface area contributed by atoms with Gasteiger partial charge >= 0.3 is 0 Å². The molecule has 0 spiro atoms. The molecule has 0 fully saturated rings. The molecule has 0 bridgehead atoms. The zero-order valence-electron chi connectivity index (χ0n) is 16.4. The number of benzene rings is 3. The standard InChI is InChI=1S/C24H23N2O2P/c1-26(2)22-15-13-21(14-16-22)25-29(27)17-23(19-9-5-3-6-10-19)28-24(18-29)20-11-7-4-8-12-20/h3-18H,1-2H3,(H,25,27). The van der Waals surface area contributed by atoms with Crippen molar-refractivity contribution in [1.82, 2.24) is 0 Å². The van der Waals surface area contributed by atoms with E-state index in [1.54, 1.807) is 11.6 Å². The topological polar surface area (TPSA) is 41.6 Å². The Morgan fingerprint density at radius 2 is 1.21 bits per heavy atom. The summed E-state index contributed by atoms with van der Waals surface area (Å²) in [6.45, 7) is 0. The number of rotatable bonds is 5. The van der Waals surface area contributed by atoms with Gasteiger partial charge in [0, 0.05) is 48.2 Å². The van der Waals surface area contributed by atoms with Gasteiger partial charge in [-0.2, -0.15) is 0 Å². The molecular formula is C24H23N2O2P. The smallest absolute Gasteiger partial charge is 0.220 e. The molecule has 0 aliphatic carbocycles. The van der Waals surface area contributed by atoms with Crippen molar-refractivity contribution in [2.75, 3.05) is 24.1 Å². The summed E-state index contributed by atoms with van der Waals surface area (Å²) < 4.78 is 20.0. The Morgan fingerprint density at radius 1 is 0.724 bits per heavy atom. The zero-order chi connectivity index (χ0) is 20.3. The Labute approximate surface area is 171 Å². The third kappa shape index (κ3) is 4.44. The molecule has 4 nitrogen and oxygen atoms in total. The van der Waals surface area contributed by atoms with Gasteiger partial charge in [0.1, 0.15) is 11.5 Å². The SMILES string of the molecule is CN(C)c1ccc(NP2(=O)C=C(c3ccccc3)OC(c3ccccc3)=C2)cc1. The van der Waals surface area contributed by atoms with Crippen molar-refractivity contribution in [2.24, 2.45) is 0 Å².